The molecule has 2 N–H and O–H groups in total. The molecule has 0 spiro atoms. The first-order chi connectivity index (χ1) is 16.8. The molecule has 9 heteroatoms. The van der Waals surface area contributed by atoms with Gasteiger partial charge in [-0.1, -0.05) is 17.7 Å². The number of benzene rings is 2. The number of morpholine rings is 1. The van der Waals surface area contributed by atoms with Crippen molar-refractivity contribution in [1.29, 1.82) is 0 Å². The Morgan fingerprint density at radius 3 is 2.43 bits per heavy atom. The van der Waals surface area contributed by atoms with Crippen LogP contribution in [0.15, 0.2) is 42.0 Å². The van der Waals surface area contributed by atoms with Gasteiger partial charge in [-0.05, 0) is 36.8 Å². The van der Waals surface area contributed by atoms with Crippen molar-refractivity contribution in [2.45, 2.75) is 13.0 Å². The molecular formula is C26H30N2O7. The van der Waals surface area contributed by atoms with Gasteiger partial charge >= 0.3 is 0 Å². The SMILES string of the molecule is COc1ccc([C@@H]2C(=C(O)c3cc(C)ccc3O)C(=O)C(=O)N2CCN2CCOCC2)cc1OC. The molecule has 1 amide bonds. The molecule has 0 aromatic heterocycles. The van der Waals surface area contributed by atoms with Gasteiger partial charge in [-0.15, -0.1) is 0 Å². The monoisotopic (exact) mass is 482 g/mol. The van der Waals surface area contributed by atoms with E-state index in [2.05, 4.69) is 4.90 Å². The number of aryl methyl sites for hydroxylation is 1. The van der Waals surface area contributed by atoms with Gasteiger partial charge in [-0.2, -0.15) is 0 Å². The van der Waals surface area contributed by atoms with Crippen LogP contribution in [0.5, 0.6) is 17.2 Å². The van der Waals surface area contributed by atoms with Crippen molar-refractivity contribution in [2.24, 2.45) is 0 Å². The largest absolute Gasteiger partial charge is 0.507 e. The van der Waals surface area contributed by atoms with Gasteiger partial charge in [-0.3, -0.25) is 14.5 Å². The summed E-state index contributed by atoms with van der Waals surface area (Å²) < 4.78 is 16.2. The Kier molecular flexibility index (Phi) is 7.28. The first kappa shape index (κ1) is 24.6. The molecule has 2 aliphatic rings. The van der Waals surface area contributed by atoms with Gasteiger partial charge in [0.05, 0.1) is 44.6 Å². The van der Waals surface area contributed by atoms with Crippen LogP contribution >= 0.6 is 0 Å². The van der Waals surface area contributed by atoms with E-state index in [1.807, 2.05) is 6.92 Å². The highest BCUT2D eigenvalue weighted by Gasteiger charge is 2.46. The molecule has 1 atom stereocenters. The lowest BCUT2D eigenvalue weighted by Gasteiger charge is -2.31. The molecule has 35 heavy (non-hydrogen) atoms. The lowest BCUT2D eigenvalue weighted by Crippen LogP contribution is -2.42. The summed E-state index contributed by atoms with van der Waals surface area (Å²) >= 11 is 0. The number of carbonyl (C=O) groups is 2. The quantitative estimate of drug-likeness (QED) is 0.352. The standard InChI is InChI=1S/C26H30N2O7/c1-16-4-6-19(29)18(14-16)24(30)22-23(17-5-7-20(33-2)21(15-17)34-3)28(26(32)25(22)31)9-8-27-10-12-35-13-11-27/h4-7,14-15,23,29-30H,8-13H2,1-3H3/t23-/m1/s1. The van der Waals surface area contributed by atoms with Crippen LogP contribution < -0.4 is 9.47 Å². The van der Waals surface area contributed by atoms with Gasteiger partial charge in [0, 0.05) is 26.2 Å². The zero-order valence-corrected chi connectivity index (χ0v) is 20.1. The van der Waals surface area contributed by atoms with Crippen molar-refractivity contribution in [3.05, 3.63) is 58.7 Å². The average molecular weight is 483 g/mol. The number of methoxy groups -OCH3 is 2. The molecular weight excluding hydrogens is 452 g/mol. The Balaban J connectivity index is 1.81. The van der Waals surface area contributed by atoms with E-state index in [0.29, 0.717) is 36.8 Å². The lowest BCUT2D eigenvalue weighted by atomic mass is 9.94. The number of rotatable bonds is 7. The van der Waals surface area contributed by atoms with Gasteiger partial charge in [0.1, 0.15) is 11.5 Å². The average Bonchev–Trinajstić information content (AvgIpc) is 3.13. The number of nitrogens with zero attached hydrogens (tertiary/aromatic N) is 2. The van der Waals surface area contributed by atoms with E-state index >= 15 is 0 Å². The zero-order valence-electron chi connectivity index (χ0n) is 20.1. The van der Waals surface area contributed by atoms with E-state index < -0.39 is 23.5 Å². The molecule has 2 fully saturated rings. The number of Topliss-reactive ketones (excluding diaryl/α,β-unsaturated/α-hetero) is 1. The summed E-state index contributed by atoms with van der Waals surface area (Å²) in [5.74, 6) is -1.17. The van der Waals surface area contributed by atoms with E-state index in [1.165, 1.54) is 25.2 Å². The third-order valence-electron chi connectivity index (χ3n) is 6.43. The molecule has 2 saturated heterocycles. The molecule has 9 nitrogen and oxygen atoms in total. The fraction of sp³-hybridized carbons (Fsp3) is 0.385. The molecule has 0 aliphatic carbocycles. The number of carbonyl (C=O) groups excluding carboxylic acids is 2. The van der Waals surface area contributed by atoms with Crippen molar-refractivity contribution < 1.29 is 34.0 Å². The first-order valence-corrected chi connectivity index (χ1v) is 11.5. The number of ketones is 1. The molecule has 0 saturated carbocycles. The van der Waals surface area contributed by atoms with Crippen molar-refractivity contribution in [3.63, 3.8) is 0 Å². The van der Waals surface area contributed by atoms with Gasteiger partial charge in [0.15, 0.2) is 11.5 Å². The summed E-state index contributed by atoms with van der Waals surface area (Å²) in [5, 5.41) is 21.7. The van der Waals surface area contributed by atoms with Crippen LogP contribution in [-0.2, 0) is 14.3 Å². The number of aromatic hydroxyl groups is 1. The third-order valence-corrected chi connectivity index (χ3v) is 6.43. The van der Waals surface area contributed by atoms with Crippen LogP contribution in [-0.4, -0.2) is 85.3 Å². The maximum Gasteiger partial charge on any atom is 0.295 e. The number of ether oxygens (including phenoxy) is 3. The minimum absolute atomic E-state index is 0.0786. The molecule has 2 aromatic rings. The van der Waals surface area contributed by atoms with Crippen molar-refractivity contribution in [1.82, 2.24) is 9.80 Å². The summed E-state index contributed by atoms with van der Waals surface area (Å²) in [6.45, 7) is 5.35. The number of phenolic OH excluding ortho intramolecular Hbond substituents is 1. The van der Waals surface area contributed by atoms with E-state index in [4.69, 9.17) is 14.2 Å². The van der Waals surface area contributed by atoms with Crippen LogP contribution in [0.25, 0.3) is 5.76 Å². The summed E-state index contributed by atoms with van der Waals surface area (Å²) in [5.41, 5.74) is 1.39. The molecule has 4 rings (SSSR count). The second kappa shape index (κ2) is 10.4. The fourth-order valence-corrected chi connectivity index (χ4v) is 4.54. The van der Waals surface area contributed by atoms with Gasteiger partial charge in [0.2, 0.25) is 0 Å². The Hall–Kier alpha value is -3.56. The van der Waals surface area contributed by atoms with E-state index in [-0.39, 0.29) is 23.4 Å². The number of aliphatic hydroxyl groups excluding tert-OH is 1. The summed E-state index contributed by atoms with van der Waals surface area (Å²) in [6.07, 6.45) is 0. The molecule has 0 radical (unpaired) electrons. The maximum atomic E-state index is 13.3. The number of amides is 1. The Morgan fingerprint density at radius 2 is 1.74 bits per heavy atom. The fourth-order valence-electron chi connectivity index (χ4n) is 4.54. The van der Waals surface area contributed by atoms with Gasteiger partial charge < -0.3 is 29.3 Å². The highest BCUT2D eigenvalue weighted by Crippen LogP contribution is 2.43. The minimum atomic E-state index is -0.865. The molecule has 2 heterocycles. The number of likely N-dealkylation sites (tertiary alicyclic amines) is 1. The molecule has 2 aliphatic heterocycles. The normalized spacial score (nSPS) is 20.3. The highest BCUT2D eigenvalue weighted by atomic mass is 16.5. The summed E-state index contributed by atoms with van der Waals surface area (Å²) in [6, 6.07) is 8.99. The maximum absolute atomic E-state index is 13.3. The first-order valence-electron chi connectivity index (χ1n) is 11.5. The Labute approximate surface area is 204 Å². The van der Waals surface area contributed by atoms with E-state index in [0.717, 1.165) is 18.7 Å². The second-order valence-corrected chi connectivity index (χ2v) is 8.58. The number of hydrogen-bond acceptors (Lipinski definition) is 8. The Morgan fingerprint density at radius 1 is 1.03 bits per heavy atom. The van der Waals surface area contributed by atoms with Crippen LogP contribution in [0.1, 0.15) is 22.7 Å². The second-order valence-electron chi connectivity index (χ2n) is 8.58. The third kappa shape index (κ3) is 4.82. The Bertz CT molecular complexity index is 1150. The number of aliphatic hydroxyl groups is 1. The zero-order chi connectivity index (χ0) is 25.1. The van der Waals surface area contributed by atoms with Gasteiger partial charge in [0.25, 0.3) is 11.7 Å². The van der Waals surface area contributed by atoms with Crippen molar-refractivity contribution >= 4 is 17.4 Å². The topological polar surface area (TPSA) is 109 Å². The molecule has 2 aromatic carbocycles. The molecule has 0 unspecified atom stereocenters. The summed E-state index contributed by atoms with van der Waals surface area (Å²) in [7, 11) is 3.02. The van der Waals surface area contributed by atoms with Gasteiger partial charge in [-0.25, -0.2) is 0 Å². The lowest BCUT2D eigenvalue weighted by molar-refractivity contribution is -0.140. The number of phenols is 1. The van der Waals surface area contributed by atoms with Crippen LogP contribution in [0, 0.1) is 6.92 Å². The van der Waals surface area contributed by atoms with Crippen LogP contribution in [0.3, 0.4) is 0 Å². The smallest absolute Gasteiger partial charge is 0.295 e. The predicted octanol–water partition coefficient (Wildman–Crippen LogP) is 2.47. The van der Waals surface area contributed by atoms with E-state index in [9.17, 15) is 19.8 Å². The predicted molar refractivity (Wildman–Crippen MR) is 129 cm³/mol. The van der Waals surface area contributed by atoms with Crippen molar-refractivity contribution in [3.8, 4) is 17.2 Å². The van der Waals surface area contributed by atoms with Crippen molar-refractivity contribution in [2.75, 3.05) is 53.6 Å². The molecule has 186 valence electrons. The molecule has 0 bridgehead atoms. The minimum Gasteiger partial charge on any atom is -0.507 e. The van der Waals surface area contributed by atoms with Crippen LogP contribution in [0.2, 0.25) is 0 Å². The number of hydrogen-bond donors (Lipinski definition) is 2. The highest BCUT2D eigenvalue weighted by molar-refractivity contribution is 6.46. The van der Waals surface area contributed by atoms with E-state index in [1.54, 1.807) is 30.3 Å². The van der Waals surface area contributed by atoms with Crippen LogP contribution in [0.4, 0.5) is 0 Å². The summed E-state index contributed by atoms with van der Waals surface area (Å²) in [4.78, 5) is 30.1.